The molecule has 2 heterocycles. The number of fused-ring (bicyclic) bond motifs is 1. The molecular formula is C15H27IN6. The van der Waals surface area contributed by atoms with Crippen molar-refractivity contribution in [3.8, 4) is 0 Å². The molecule has 0 aromatic carbocycles. The molecule has 0 spiro atoms. The van der Waals surface area contributed by atoms with Crippen LogP contribution in [-0.4, -0.2) is 40.4 Å². The van der Waals surface area contributed by atoms with Crippen LogP contribution in [0.1, 0.15) is 44.3 Å². The number of nitrogens with one attached hydrogen (secondary N) is 2. The van der Waals surface area contributed by atoms with Gasteiger partial charge in [0.05, 0.1) is 6.54 Å². The molecule has 2 aliphatic rings. The highest BCUT2D eigenvalue weighted by Gasteiger charge is 2.23. The van der Waals surface area contributed by atoms with E-state index in [1.807, 2.05) is 7.05 Å². The number of rotatable bonds is 5. The lowest BCUT2D eigenvalue weighted by atomic mass is 10.1. The normalized spacial score (nSPS) is 21.0. The molecule has 3 rings (SSSR count). The number of hydrogen-bond acceptors (Lipinski definition) is 3. The van der Waals surface area contributed by atoms with Crippen LogP contribution in [0, 0.1) is 5.92 Å². The first-order valence-corrected chi connectivity index (χ1v) is 8.18. The summed E-state index contributed by atoms with van der Waals surface area (Å²) in [4.78, 5) is 8.88. The van der Waals surface area contributed by atoms with Gasteiger partial charge in [0.2, 0.25) is 0 Å². The van der Waals surface area contributed by atoms with Crippen molar-refractivity contribution in [2.45, 2.75) is 58.0 Å². The van der Waals surface area contributed by atoms with Crippen LogP contribution >= 0.6 is 24.0 Å². The predicted octanol–water partition coefficient (Wildman–Crippen LogP) is 1.74. The Hall–Kier alpha value is -0.860. The van der Waals surface area contributed by atoms with E-state index >= 15 is 0 Å². The number of aromatic nitrogens is 3. The first-order valence-electron chi connectivity index (χ1n) is 8.18. The predicted molar refractivity (Wildman–Crippen MR) is 98.8 cm³/mol. The zero-order chi connectivity index (χ0) is 14.7. The first kappa shape index (κ1) is 17.5. The summed E-state index contributed by atoms with van der Waals surface area (Å²) in [6, 6.07) is 0.385. The van der Waals surface area contributed by atoms with E-state index in [4.69, 9.17) is 0 Å². The molecule has 6 nitrogen and oxygen atoms in total. The summed E-state index contributed by atoms with van der Waals surface area (Å²) in [6.45, 7) is 4.00. The first-order chi connectivity index (χ1) is 10.3. The van der Waals surface area contributed by atoms with E-state index in [1.54, 1.807) is 0 Å². The molecule has 1 saturated carbocycles. The molecule has 7 heteroatoms. The lowest BCUT2D eigenvalue weighted by Gasteiger charge is -2.25. The van der Waals surface area contributed by atoms with Crippen LogP contribution in [0.5, 0.6) is 0 Å². The maximum Gasteiger partial charge on any atom is 0.191 e. The van der Waals surface area contributed by atoms with Gasteiger partial charge in [-0.25, -0.2) is 9.67 Å². The summed E-state index contributed by atoms with van der Waals surface area (Å²) in [5, 5.41) is 11.5. The minimum Gasteiger partial charge on any atom is -0.356 e. The SMILES string of the molecule is CCc1nc2n(n1)CC(NC(=NC)NCCC1CC1)CC2.I. The largest absolute Gasteiger partial charge is 0.356 e. The Balaban J connectivity index is 0.00000176. The minimum atomic E-state index is 0. The van der Waals surface area contributed by atoms with Gasteiger partial charge in [0.25, 0.3) is 0 Å². The Morgan fingerprint density at radius 3 is 2.86 bits per heavy atom. The second kappa shape index (κ2) is 8.12. The molecule has 1 unspecified atom stereocenters. The molecule has 0 radical (unpaired) electrons. The smallest absolute Gasteiger partial charge is 0.191 e. The fourth-order valence-corrected chi connectivity index (χ4v) is 2.82. The van der Waals surface area contributed by atoms with Crippen molar-refractivity contribution in [3.05, 3.63) is 11.6 Å². The van der Waals surface area contributed by atoms with Gasteiger partial charge in [0, 0.05) is 32.5 Å². The van der Waals surface area contributed by atoms with E-state index in [0.29, 0.717) is 6.04 Å². The summed E-state index contributed by atoms with van der Waals surface area (Å²) in [5.41, 5.74) is 0. The number of aryl methyl sites for hydroxylation is 2. The Morgan fingerprint density at radius 1 is 1.36 bits per heavy atom. The lowest BCUT2D eigenvalue weighted by Crippen LogP contribution is -2.47. The van der Waals surface area contributed by atoms with E-state index in [9.17, 15) is 0 Å². The van der Waals surface area contributed by atoms with Crippen molar-refractivity contribution in [1.29, 1.82) is 0 Å². The number of nitrogens with zero attached hydrogens (tertiary/aromatic N) is 4. The van der Waals surface area contributed by atoms with E-state index < -0.39 is 0 Å². The molecule has 1 aliphatic heterocycles. The number of aliphatic imine (C=N–C) groups is 1. The second-order valence-corrected chi connectivity index (χ2v) is 6.09. The fourth-order valence-electron chi connectivity index (χ4n) is 2.82. The number of halogens is 1. The van der Waals surface area contributed by atoms with Gasteiger partial charge in [-0.15, -0.1) is 24.0 Å². The summed E-state index contributed by atoms with van der Waals surface area (Å²) in [7, 11) is 1.84. The molecule has 1 fully saturated rings. The number of hydrogen-bond donors (Lipinski definition) is 2. The monoisotopic (exact) mass is 418 g/mol. The summed E-state index contributed by atoms with van der Waals surface area (Å²) in [6.07, 6.45) is 7.06. The van der Waals surface area contributed by atoms with E-state index in [-0.39, 0.29) is 24.0 Å². The van der Waals surface area contributed by atoms with Crippen molar-refractivity contribution in [3.63, 3.8) is 0 Å². The van der Waals surface area contributed by atoms with Gasteiger partial charge in [0.15, 0.2) is 11.8 Å². The molecule has 1 atom stereocenters. The molecule has 1 aromatic rings. The van der Waals surface area contributed by atoms with Crippen molar-refractivity contribution in [1.82, 2.24) is 25.4 Å². The third kappa shape index (κ3) is 4.57. The third-order valence-electron chi connectivity index (χ3n) is 4.32. The Bertz CT molecular complexity index is 508. The van der Waals surface area contributed by atoms with Crippen LogP contribution in [0.4, 0.5) is 0 Å². The average molecular weight is 418 g/mol. The average Bonchev–Trinajstić information content (AvgIpc) is 3.23. The van der Waals surface area contributed by atoms with Crippen molar-refractivity contribution < 1.29 is 0 Å². The zero-order valence-corrected chi connectivity index (χ0v) is 15.8. The van der Waals surface area contributed by atoms with Gasteiger partial charge in [-0.3, -0.25) is 4.99 Å². The van der Waals surface area contributed by atoms with Crippen LogP contribution in [0.3, 0.4) is 0 Å². The summed E-state index contributed by atoms with van der Waals surface area (Å²) < 4.78 is 2.05. The third-order valence-corrected chi connectivity index (χ3v) is 4.32. The standard InChI is InChI=1S/C15H26N6.HI/c1-3-13-19-14-7-6-12(10-21(14)20-13)18-15(16-2)17-9-8-11-4-5-11;/h11-12H,3-10H2,1-2H3,(H2,16,17,18);1H. The van der Waals surface area contributed by atoms with Crippen molar-refractivity contribution in [2.75, 3.05) is 13.6 Å². The van der Waals surface area contributed by atoms with Crippen LogP contribution in [-0.2, 0) is 19.4 Å². The molecular weight excluding hydrogens is 391 g/mol. The molecule has 124 valence electrons. The topological polar surface area (TPSA) is 67.1 Å². The molecule has 22 heavy (non-hydrogen) atoms. The molecule has 2 N–H and O–H groups in total. The molecule has 1 aliphatic carbocycles. The van der Waals surface area contributed by atoms with Gasteiger partial charge < -0.3 is 10.6 Å². The van der Waals surface area contributed by atoms with Crippen LogP contribution in [0.2, 0.25) is 0 Å². The van der Waals surface area contributed by atoms with Gasteiger partial charge >= 0.3 is 0 Å². The minimum absolute atomic E-state index is 0. The number of guanidine groups is 1. The van der Waals surface area contributed by atoms with E-state index in [1.165, 1.54) is 19.3 Å². The van der Waals surface area contributed by atoms with Crippen LogP contribution in [0.25, 0.3) is 0 Å². The van der Waals surface area contributed by atoms with Gasteiger partial charge in [-0.05, 0) is 18.8 Å². The lowest BCUT2D eigenvalue weighted by molar-refractivity contribution is 0.392. The fraction of sp³-hybridized carbons (Fsp3) is 0.800. The van der Waals surface area contributed by atoms with Crippen molar-refractivity contribution in [2.24, 2.45) is 10.9 Å². The highest BCUT2D eigenvalue weighted by molar-refractivity contribution is 14.0. The Morgan fingerprint density at radius 2 is 2.18 bits per heavy atom. The maximum absolute atomic E-state index is 4.56. The Kier molecular flexibility index (Phi) is 6.46. The van der Waals surface area contributed by atoms with Gasteiger partial charge in [-0.2, -0.15) is 5.10 Å². The van der Waals surface area contributed by atoms with Crippen LogP contribution in [0.15, 0.2) is 4.99 Å². The van der Waals surface area contributed by atoms with Crippen molar-refractivity contribution >= 4 is 29.9 Å². The van der Waals surface area contributed by atoms with Gasteiger partial charge in [0.1, 0.15) is 5.82 Å². The Labute approximate surface area is 149 Å². The zero-order valence-electron chi connectivity index (χ0n) is 13.5. The second-order valence-electron chi connectivity index (χ2n) is 6.09. The van der Waals surface area contributed by atoms with Crippen LogP contribution < -0.4 is 10.6 Å². The van der Waals surface area contributed by atoms with E-state index in [0.717, 1.165) is 55.9 Å². The molecule has 0 saturated heterocycles. The summed E-state index contributed by atoms with van der Waals surface area (Å²) in [5.74, 6) is 3.95. The van der Waals surface area contributed by atoms with Gasteiger partial charge in [-0.1, -0.05) is 19.8 Å². The highest BCUT2D eigenvalue weighted by Crippen LogP contribution is 2.31. The van der Waals surface area contributed by atoms with E-state index in [2.05, 4.69) is 37.3 Å². The summed E-state index contributed by atoms with van der Waals surface area (Å²) >= 11 is 0. The highest BCUT2D eigenvalue weighted by atomic mass is 127. The maximum atomic E-state index is 4.56. The molecule has 0 bridgehead atoms. The quantitative estimate of drug-likeness (QED) is 0.435. The molecule has 1 aromatic heterocycles. The molecule has 0 amide bonds.